The van der Waals surface area contributed by atoms with Crippen molar-refractivity contribution in [3.8, 4) is 33.4 Å². The number of fused-ring (bicyclic) bond motifs is 2. The van der Waals surface area contributed by atoms with E-state index in [9.17, 15) is 0 Å². The van der Waals surface area contributed by atoms with Crippen LogP contribution >= 0.6 is 0 Å². The van der Waals surface area contributed by atoms with Crippen LogP contribution in [0.1, 0.15) is 89.5 Å². The third kappa shape index (κ3) is 8.32. The maximum Gasteiger partial charge on any atom is 0.0639 e. The molecule has 0 heterocycles. The van der Waals surface area contributed by atoms with Crippen LogP contribution in [0.4, 0.5) is 0 Å². The number of hydrogen-bond acceptors (Lipinski definition) is 0. The summed E-state index contributed by atoms with van der Waals surface area (Å²) in [7, 11) is 0. The highest BCUT2D eigenvalue weighted by Crippen LogP contribution is 2.59. The molecule has 0 heteroatoms. The van der Waals surface area contributed by atoms with Crippen molar-refractivity contribution in [2.75, 3.05) is 0 Å². The fourth-order valence-electron chi connectivity index (χ4n) is 12.1. The Morgan fingerprint density at radius 2 is 1.27 bits per heavy atom. The first-order valence-electron chi connectivity index (χ1n) is 25.3. The Bertz CT molecular complexity index is 3370. The zero-order valence-electron chi connectivity index (χ0n) is 40.5. The molecule has 7 aromatic carbocycles. The third-order valence-corrected chi connectivity index (χ3v) is 15.3. The molecule has 3 atom stereocenters. The van der Waals surface area contributed by atoms with E-state index in [4.69, 9.17) is 0 Å². The minimum atomic E-state index is -0.325. The van der Waals surface area contributed by atoms with E-state index in [2.05, 4.69) is 245 Å². The summed E-state index contributed by atoms with van der Waals surface area (Å²) in [5, 5.41) is 0. The number of aryl methyl sites for hydroxylation is 1. The topological polar surface area (TPSA) is 0 Å². The standard InChI is InChI=1S/C70H60/c1-4-5-6-10-26-55-46-54(39-42-62(55)61-35-18-17-23-50(61)3)53-28-21-29-56(45-53)63-41-38-49(2)44-66(63)69(57-30-22-27-52(47-57)51-24-11-7-12-25-51)58-40-43-65-64-36-19-20-37-67(64)70(68(65)48-58,59-31-13-8-14-32-59)60-33-15-9-16-34-60/h4-15,17-19,21-33,35-36,38-43,45-48,66,69H,1,16,20,34,37,44H2,2-3H3/b6-5-,26-10-. The number of rotatable bonds is 12. The van der Waals surface area contributed by atoms with E-state index in [1.54, 1.807) is 5.57 Å². The second-order valence-electron chi connectivity index (χ2n) is 19.5. The van der Waals surface area contributed by atoms with E-state index < -0.39 is 0 Å². The molecule has 0 bridgehead atoms. The maximum atomic E-state index is 3.88. The van der Waals surface area contributed by atoms with Crippen LogP contribution in [0.25, 0.3) is 50.6 Å². The van der Waals surface area contributed by atoms with Crippen LogP contribution in [-0.4, -0.2) is 0 Å². The van der Waals surface area contributed by atoms with E-state index in [0.29, 0.717) is 0 Å². The van der Waals surface area contributed by atoms with Crippen LogP contribution in [0.3, 0.4) is 0 Å². The fourth-order valence-corrected chi connectivity index (χ4v) is 12.1. The van der Waals surface area contributed by atoms with Gasteiger partial charge >= 0.3 is 0 Å². The summed E-state index contributed by atoms with van der Waals surface area (Å²) < 4.78 is 0. The highest BCUT2D eigenvalue weighted by Gasteiger charge is 2.49. The molecule has 3 unspecified atom stereocenters. The second kappa shape index (κ2) is 19.7. The molecule has 7 aromatic rings. The van der Waals surface area contributed by atoms with Gasteiger partial charge in [0.2, 0.25) is 0 Å². The van der Waals surface area contributed by atoms with Gasteiger partial charge in [0.05, 0.1) is 5.41 Å². The summed E-state index contributed by atoms with van der Waals surface area (Å²) in [5.41, 5.74) is 25.0. The first kappa shape index (κ1) is 44.7. The summed E-state index contributed by atoms with van der Waals surface area (Å²) in [6.07, 6.45) is 32.1. The SMILES string of the molecule is C=C/C=C\C=C/c1cc(-c2cccc(C3=CC=C(C)CC3C(c3cccc(-c4ccccc4)c3)c3ccc4c(c3)C(C3=CC=CCC3)(c3ccccc3)C3=C4C=CCC3)c2)ccc1-c1ccccc1C. The van der Waals surface area contributed by atoms with Gasteiger partial charge in [-0.2, -0.15) is 0 Å². The third-order valence-electron chi connectivity index (χ3n) is 15.3. The van der Waals surface area contributed by atoms with E-state index >= 15 is 0 Å². The van der Waals surface area contributed by atoms with E-state index in [1.807, 2.05) is 18.2 Å². The molecule has 4 aliphatic carbocycles. The molecule has 11 rings (SSSR count). The zero-order chi connectivity index (χ0) is 47.4. The monoisotopic (exact) mass is 900 g/mol. The Labute approximate surface area is 416 Å². The average Bonchev–Trinajstić information content (AvgIpc) is 3.71. The van der Waals surface area contributed by atoms with Crippen molar-refractivity contribution in [1.29, 1.82) is 0 Å². The van der Waals surface area contributed by atoms with Crippen molar-refractivity contribution >= 4 is 17.2 Å². The van der Waals surface area contributed by atoms with Gasteiger partial charge in [0, 0.05) is 5.92 Å². The van der Waals surface area contributed by atoms with Crippen molar-refractivity contribution < 1.29 is 0 Å². The van der Waals surface area contributed by atoms with Crippen LogP contribution in [0.15, 0.2) is 260 Å². The largest absolute Gasteiger partial charge is 0.0991 e. The lowest BCUT2D eigenvalue weighted by Gasteiger charge is -2.40. The zero-order valence-corrected chi connectivity index (χ0v) is 40.5. The van der Waals surface area contributed by atoms with Crippen LogP contribution < -0.4 is 0 Å². The maximum absolute atomic E-state index is 3.88. The number of allylic oxidation sites excluding steroid dienone is 16. The molecule has 0 radical (unpaired) electrons. The Hall–Kier alpha value is -7.80. The normalized spacial score (nSPS) is 18.9. The molecule has 4 aliphatic rings. The quantitative estimate of drug-likeness (QED) is 0.107. The molecule has 0 aliphatic heterocycles. The first-order chi connectivity index (χ1) is 34.5. The molecular formula is C70H60. The molecule has 0 fully saturated rings. The van der Waals surface area contributed by atoms with Gasteiger partial charge in [0.25, 0.3) is 0 Å². The van der Waals surface area contributed by atoms with Crippen molar-refractivity contribution in [1.82, 2.24) is 0 Å². The second-order valence-corrected chi connectivity index (χ2v) is 19.5. The summed E-state index contributed by atoms with van der Waals surface area (Å²) in [6, 6.07) is 64.4. The van der Waals surface area contributed by atoms with Crippen LogP contribution in [-0.2, 0) is 5.41 Å². The molecule has 0 nitrogen and oxygen atoms in total. The van der Waals surface area contributed by atoms with Gasteiger partial charge in [0.1, 0.15) is 0 Å². The lowest BCUT2D eigenvalue weighted by atomic mass is 9.62. The van der Waals surface area contributed by atoms with Gasteiger partial charge in [-0.05, 0) is 159 Å². The molecule has 0 saturated heterocycles. The fraction of sp³-hybridized carbons (Fsp3) is 0.143. The van der Waals surface area contributed by atoms with Gasteiger partial charge in [-0.1, -0.05) is 248 Å². The lowest BCUT2D eigenvalue weighted by molar-refractivity contribution is 0.572. The minimum Gasteiger partial charge on any atom is -0.0991 e. The molecule has 0 saturated carbocycles. The number of benzene rings is 7. The molecule has 0 aromatic heterocycles. The predicted octanol–water partition coefficient (Wildman–Crippen LogP) is 18.6. The Morgan fingerprint density at radius 3 is 2.09 bits per heavy atom. The minimum absolute atomic E-state index is 0.0724. The highest BCUT2D eigenvalue weighted by molar-refractivity contribution is 5.91. The summed E-state index contributed by atoms with van der Waals surface area (Å²) in [5.74, 6) is 0.248. The van der Waals surface area contributed by atoms with Gasteiger partial charge in [-0.3, -0.25) is 0 Å². The first-order valence-corrected chi connectivity index (χ1v) is 25.3. The predicted molar refractivity (Wildman–Crippen MR) is 299 cm³/mol. The lowest BCUT2D eigenvalue weighted by Crippen LogP contribution is -2.32. The summed E-state index contributed by atoms with van der Waals surface area (Å²) in [6.45, 7) is 8.40. The molecule has 70 heavy (non-hydrogen) atoms. The highest BCUT2D eigenvalue weighted by atomic mass is 14.5. The molecule has 0 N–H and O–H groups in total. The Balaban J connectivity index is 1.08. The molecular weight excluding hydrogens is 841 g/mol. The van der Waals surface area contributed by atoms with E-state index in [-0.39, 0.29) is 17.3 Å². The van der Waals surface area contributed by atoms with Crippen LogP contribution in [0.5, 0.6) is 0 Å². The van der Waals surface area contributed by atoms with Crippen LogP contribution in [0.2, 0.25) is 0 Å². The van der Waals surface area contributed by atoms with Gasteiger partial charge in [-0.25, -0.2) is 0 Å². The van der Waals surface area contributed by atoms with Gasteiger partial charge in [0.15, 0.2) is 0 Å². The average molecular weight is 901 g/mol. The van der Waals surface area contributed by atoms with Crippen LogP contribution in [0, 0.1) is 12.8 Å². The smallest absolute Gasteiger partial charge is 0.0639 e. The molecule has 0 spiro atoms. The van der Waals surface area contributed by atoms with Crippen molar-refractivity contribution in [3.05, 3.63) is 305 Å². The molecule has 0 amide bonds. The van der Waals surface area contributed by atoms with Crippen molar-refractivity contribution in [2.45, 2.75) is 57.3 Å². The van der Waals surface area contributed by atoms with E-state index in [1.165, 1.54) is 100 Å². The van der Waals surface area contributed by atoms with Crippen molar-refractivity contribution in [3.63, 3.8) is 0 Å². The Morgan fingerprint density at radius 1 is 0.557 bits per heavy atom. The Kier molecular flexibility index (Phi) is 12.6. The molecule has 340 valence electrons. The van der Waals surface area contributed by atoms with Gasteiger partial charge < -0.3 is 0 Å². The van der Waals surface area contributed by atoms with Gasteiger partial charge in [-0.15, -0.1) is 0 Å². The number of hydrogen-bond donors (Lipinski definition) is 0. The van der Waals surface area contributed by atoms with E-state index in [0.717, 1.165) is 32.1 Å². The summed E-state index contributed by atoms with van der Waals surface area (Å²) >= 11 is 0. The van der Waals surface area contributed by atoms with Crippen molar-refractivity contribution in [2.24, 2.45) is 5.92 Å². The summed E-state index contributed by atoms with van der Waals surface area (Å²) in [4.78, 5) is 0.